The van der Waals surface area contributed by atoms with Gasteiger partial charge >= 0.3 is 6.03 Å². The number of methoxy groups -OCH3 is 2. The van der Waals surface area contributed by atoms with Gasteiger partial charge in [-0.2, -0.15) is 0 Å². The second-order valence-corrected chi connectivity index (χ2v) is 6.77. The number of hydrogen-bond acceptors (Lipinski definition) is 3. The molecule has 0 radical (unpaired) electrons. The number of hydrogen-bond donors (Lipinski definition) is 2. The number of urea groups is 1. The lowest BCUT2D eigenvalue weighted by Crippen LogP contribution is -2.39. The Labute approximate surface area is 155 Å². The summed E-state index contributed by atoms with van der Waals surface area (Å²) in [4.78, 5) is 12.3. The Kier molecular flexibility index (Phi) is 6.50. The molecule has 0 aliphatic heterocycles. The summed E-state index contributed by atoms with van der Waals surface area (Å²) in [7, 11) is 3.23. The van der Waals surface area contributed by atoms with E-state index in [1.807, 2.05) is 42.5 Å². The number of anilines is 1. The number of carbonyl (C=O) groups excluding carboxylic acids is 1. The van der Waals surface area contributed by atoms with E-state index in [1.54, 1.807) is 14.2 Å². The van der Waals surface area contributed by atoms with Gasteiger partial charge in [-0.25, -0.2) is 4.79 Å². The van der Waals surface area contributed by atoms with Crippen LogP contribution in [0.25, 0.3) is 0 Å². The number of para-hydroxylation sites is 1. The molecule has 0 aliphatic rings. The van der Waals surface area contributed by atoms with Gasteiger partial charge in [-0.1, -0.05) is 45.0 Å². The molecule has 2 rings (SSSR count). The lowest BCUT2D eigenvalue weighted by atomic mass is 9.84. The lowest BCUT2D eigenvalue weighted by Gasteiger charge is -2.26. The highest BCUT2D eigenvalue weighted by Crippen LogP contribution is 2.32. The standard InChI is InChI=1S/C21H28N2O3/c1-6-15-9-7-8-10-17(15)23-20(24)22-14-21(2,3)16-11-12-18(25-4)19(13-16)26-5/h7-13H,6,14H2,1-5H3,(H2,22,23,24). The molecule has 0 aromatic heterocycles. The Morgan fingerprint density at radius 1 is 1.04 bits per heavy atom. The van der Waals surface area contributed by atoms with Gasteiger partial charge in [-0.05, 0) is 35.7 Å². The quantitative estimate of drug-likeness (QED) is 0.775. The third-order valence-electron chi connectivity index (χ3n) is 4.50. The maximum absolute atomic E-state index is 12.3. The smallest absolute Gasteiger partial charge is 0.319 e. The van der Waals surface area contributed by atoms with E-state index in [0.29, 0.717) is 18.0 Å². The Morgan fingerprint density at radius 2 is 1.73 bits per heavy atom. The van der Waals surface area contributed by atoms with Gasteiger partial charge in [-0.15, -0.1) is 0 Å². The zero-order valence-corrected chi connectivity index (χ0v) is 16.2. The summed E-state index contributed by atoms with van der Waals surface area (Å²) < 4.78 is 10.7. The number of ether oxygens (including phenoxy) is 2. The van der Waals surface area contributed by atoms with Crippen molar-refractivity contribution in [1.29, 1.82) is 0 Å². The van der Waals surface area contributed by atoms with Crippen LogP contribution in [0.5, 0.6) is 11.5 Å². The Bertz CT molecular complexity index is 757. The van der Waals surface area contributed by atoms with Crippen molar-refractivity contribution in [1.82, 2.24) is 5.32 Å². The molecule has 0 unspecified atom stereocenters. The molecule has 0 heterocycles. The molecular weight excluding hydrogens is 328 g/mol. The molecule has 2 amide bonds. The molecule has 0 saturated heterocycles. The number of rotatable bonds is 7. The summed E-state index contributed by atoms with van der Waals surface area (Å²) in [5, 5.41) is 5.90. The SMILES string of the molecule is CCc1ccccc1NC(=O)NCC(C)(C)c1ccc(OC)c(OC)c1. The van der Waals surface area contributed by atoms with Gasteiger partial charge < -0.3 is 20.1 Å². The van der Waals surface area contributed by atoms with Crippen molar-refractivity contribution in [2.45, 2.75) is 32.6 Å². The van der Waals surface area contributed by atoms with Crippen LogP contribution in [0.2, 0.25) is 0 Å². The zero-order valence-electron chi connectivity index (χ0n) is 16.2. The molecule has 0 spiro atoms. The van der Waals surface area contributed by atoms with Gasteiger partial charge in [0.05, 0.1) is 14.2 Å². The van der Waals surface area contributed by atoms with Crippen LogP contribution in [0.4, 0.5) is 10.5 Å². The van der Waals surface area contributed by atoms with E-state index in [-0.39, 0.29) is 11.4 Å². The molecule has 0 aliphatic carbocycles. The molecule has 2 N–H and O–H groups in total. The van der Waals surface area contributed by atoms with Gasteiger partial charge in [-0.3, -0.25) is 0 Å². The third kappa shape index (κ3) is 4.69. The minimum atomic E-state index is -0.263. The van der Waals surface area contributed by atoms with Gasteiger partial charge in [0.15, 0.2) is 11.5 Å². The van der Waals surface area contributed by atoms with E-state index in [1.165, 1.54) is 0 Å². The van der Waals surface area contributed by atoms with Crippen molar-refractivity contribution in [3.05, 3.63) is 53.6 Å². The fraction of sp³-hybridized carbons (Fsp3) is 0.381. The summed E-state index contributed by atoms with van der Waals surface area (Å²) in [6, 6.07) is 13.4. The Morgan fingerprint density at radius 3 is 2.38 bits per heavy atom. The minimum absolute atomic E-state index is 0.209. The molecule has 26 heavy (non-hydrogen) atoms. The van der Waals surface area contributed by atoms with Crippen molar-refractivity contribution in [2.75, 3.05) is 26.1 Å². The predicted octanol–water partition coefficient (Wildman–Crippen LogP) is 4.37. The van der Waals surface area contributed by atoms with E-state index in [4.69, 9.17) is 9.47 Å². The van der Waals surface area contributed by atoms with Gasteiger partial charge in [0, 0.05) is 17.6 Å². The largest absolute Gasteiger partial charge is 0.493 e. The first-order valence-corrected chi connectivity index (χ1v) is 8.76. The maximum Gasteiger partial charge on any atom is 0.319 e. The van der Waals surface area contributed by atoms with Gasteiger partial charge in [0.1, 0.15) is 0 Å². The molecule has 5 heteroatoms. The average molecular weight is 356 g/mol. The monoisotopic (exact) mass is 356 g/mol. The van der Waals surface area contributed by atoms with Crippen LogP contribution < -0.4 is 20.1 Å². The number of aryl methyl sites for hydroxylation is 1. The number of benzene rings is 2. The van der Waals surface area contributed by atoms with Crippen LogP contribution in [0.3, 0.4) is 0 Å². The van der Waals surface area contributed by atoms with Crippen molar-refractivity contribution in [3.63, 3.8) is 0 Å². The Balaban J connectivity index is 2.04. The van der Waals surface area contributed by atoms with Crippen molar-refractivity contribution < 1.29 is 14.3 Å². The fourth-order valence-electron chi connectivity index (χ4n) is 2.78. The molecule has 2 aromatic rings. The number of carbonyl (C=O) groups is 1. The fourth-order valence-corrected chi connectivity index (χ4v) is 2.78. The van der Waals surface area contributed by atoms with Crippen molar-refractivity contribution >= 4 is 11.7 Å². The summed E-state index contributed by atoms with van der Waals surface area (Å²) in [6.07, 6.45) is 0.869. The second kappa shape index (κ2) is 8.61. The van der Waals surface area contributed by atoms with Crippen LogP contribution in [-0.4, -0.2) is 26.8 Å². The highest BCUT2D eigenvalue weighted by Gasteiger charge is 2.23. The first-order chi connectivity index (χ1) is 12.4. The van der Waals surface area contributed by atoms with Crippen LogP contribution >= 0.6 is 0 Å². The lowest BCUT2D eigenvalue weighted by molar-refractivity contribution is 0.249. The van der Waals surface area contributed by atoms with E-state index >= 15 is 0 Å². The molecule has 140 valence electrons. The average Bonchev–Trinajstić information content (AvgIpc) is 2.66. The van der Waals surface area contributed by atoms with E-state index < -0.39 is 0 Å². The van der Waals surface area contributed by atoms with E-state index in [2.05, 4.69) is 31.4 Å². The first kappa shape index (κ1) is 19.6. The zero-order chi connectivity index (χ0) is 19.2. The molecule has 0 bridgehead atoms. The van der Waals surface area contributed by atoms with Crippen LogP contribution in [0, 0.1) is 0 Å². The van der Waals surface area contributed by atoms with Gasteiger partial charge in [0.25, 0.3) is 0 Å². The highest BCUT2D eigenvalue weighted by molar-refractivity contribution is 5.90. The van der Waals surface area contributed by atoms with Gasteiger partial charge in [0.2, 0.25) is 0 Å². The number of amides is 2. The molecule has 0 fully saturated rings. The third-order valence-corrected chi connectivity index (χ3v) is 4.50. The number of nitrogens with one attached hydrogen (secondary N) is 2. The summed E-state index contributed by atoms with van der Waals surface area (Å²) in [5.74, 6) is 1.37. The van der Waals surface area contributed by atoms with Crippen LogP contribution in [0.1, 0.15) is 31.9 Å². The molecular formula is C21H28N2O3. The van der Waals surface area contributed by atoms with E-state index in [0.717, 1.165) is 23.2 Å². The first-order valence-electron chi connectivity index (χ1n) is 8.76. The van der Waals surface area contributed by atoms with E-state index in [9.17, 15) is 4.79 Å². The molecule has 0 saturated carbocycles. The van der Waals surface area contributed by atoms with Crippen molar-refractivity contribution in [3.8, 4) is 11.5 Å². The maximum atomic E-state index is 12.3. The summed E-state index contributed by atoms with van der Waals surface area (Å²) >= 11 is 0. The van der Waals surface area contributed by atoms with Crippen molar-refractivity contribution in [2.24, 2.45) is 0 Å². The summed E-state index contributed by atoms with van der Waals surface area (Å²) in [5.41, 5.74) is 2.75. The topological polar surface area (TPSA) is 59.6 Å². The van der Waals surface area contributed by atoms with Crippen LogP contribution in [0.15, 0.2) is 42.5 Å². The molecule has 0 atom stereocenters. The normalized spacial score (nSPS) is 11.0. The predicted molar refractivity (Wildman–Crippen MR) is 105 cm³/mol. The minimum Gasteiger partial charge on any atom is -0.493 e. The van der Waals surface area contributed by atoms with Crippen LogP contribution in [-0.2, 0) is 11.8 Å². The summed E-state index contributed by atoms with van der Waals surface area (Å²) in [6.45, 7) is 6.71. The second-order valence-electron chi connectivity index (χ2n) is 6.77. The highest BCUT2D eigenvalue weighted by atomic mass is 16.5. The Hall–Kier alpha value is -2.69. The molecule has 2 aromatic carbocycles. The molecule has 5 nitrogen and oxygen atoms in total.